The molecule has 3 aromatic carbocycles. The van der Waals surface area contributed by atoms with Crippen LogP contribution in [0, 0.1) is 0 Å². The van der Waals surface area contributed by atoms with Crippen molar-refractivity contribution in [1.29, 1.82) is 0 Å². The zero-order chi connectivity index (χ0) is 24.3. The van der Waals surface area contributed by atoms with E-state index in [4.69, 9.17) is 4.74 Å². The molecule has 2 aliphatic rings. The van der Waals surface area contributed by atoms with E-state index in [2.05, 4.69) is 22.3 Å². The molecule has 1 N–H and O–H groups in total. The van der Waals surface area contributed by atoms with E-state index in [0.717, 1.165) is 18.7 Å². The Morgan fingerprint density at radius 2 is 1.57 bits per heavy atom. The molecular weight excluding hydrogens is 462 g/mol. The van der Waals surface area contributed by atoms with E-state index in [-0.39, 0.29) is 17.3 Å². The average molecular weight is 492 g/mol. The van der Waals surface area contributed by atoms with Gasteiger partial charge in [0, 0.05) is 25.3 Å². The summed E-state index contributed by atoms with van der Waals surface area (Å²) in [4.78, 5) is 15.6. The first-order valence-corrected chi connectivity index (χ1v) is 13.4. The van der Waals surface area contributed by atoms with Gasteiger partial charge in [-0.2, -0.15) is 0 Å². The fraction of sp³-hybridized carbons (Fsp3) is 0.296. The number of nitrogens with zero attached hydrogens (tertiary/aromatic N) is 2. The van der Waals surface area contributed by atoms with Crippen LogP contribution in [0.1, 0.15) is 24.8 Å². The molecule has 0 spiro atoms. The van der Waals surface area contributed by atoms with Crippen molar-refractivity contribution in [2.75, 3.05) is 28.8 Å². The third kappa shape index (κ3) is 4.98. The van der Waals surface area contributed by atoms with Crippen molar-refractivity contribution in [3.8, 4) is 5.75 Å². The van der Waals surface area contributed by atoms with Crippen LogP contribution in [-0.4, -0.2) is 40.1 Å². The van der Waals surface area contributed by atoms with E-state index in [9.17, 15) is 13.2 Å². The minimum absolute atomic E-state index is 0.103. The molecule has 0 saturated carbocycles. The number of para-hydroxylation sites is 2. The van der Waals surface area contributed by atoms with Gasteiger partial charge in [0.15, 0.2) is 6.10 Å². The van der Waals surface area contributed by atoms with Gasteiger partial charge in [0.25, 0.3) is 15.9 Å². The number of benzene rings is 3. The number of rotatable bonds is 6. The Bertz CT molecular complexity index is 1270. The van der Waals surface area contributed by atoms with Crippen molar-refractivity contribution in [1.82, 2.24) is 5.32 Å². The second-order valence-electron chi connectivity index (χ2n) is 8.86. The molecule has 0 unspecified atom stereocenters. The summed E-state index contributed by atoms with van der Waals surface area (Å²) in [6.45, 7) is 2.40. The molecule has 5 rings (SSSR count). The number of carbonyl (C=O) groups is 1. The number of nitrogens with one attached hydrogen (secondary N) is 1. The van der Waals surface area contributed by atoms with Crippen molar-refractivity contribution in [2.24, 2.45) is 0 Å². The monoisotopic (exact) mass is 491 g/mol. The summed E-state index contributed by atoms with van der Waals surface area (Å²) in [5.41, 5.74) is 2.60. The molecule has 8 heteroatoms. The number of amides is 1. The Balaban J connectivity index is 1.29. The van der Waals surface area contributed by atoms with Crippen molar-refractivity contribution in [2.45, 2.75) is 36.8 Å². The van der Waals surface area contributed by atoms with Gasteiger partial charge in [-0.05, 0) is 61.2 Å². The normalized spacial score (nSPS) is 17.9. The van der Waals surface area contributed by atoms with Gasteiger partial charge in [-0.1, -0.05) is 42.5 Å². The second kappa shape index (κ2) is 10.00. The number of hydrogen-bond acceptors (Lipinski definition) is 5. The highest BCUT2D eigenvalue weighted by Crippen LogP contribution is 2.36. The topological polar surface area (TPSA) is 79.0 Å². The van der Waals surface area contributed by atoms with E-state index in [1.807, 2.05) is 12.1 Å². The van der Waals surface area contributed by atoms with Crippen molar-refractivity contribution < 1.29 is 17.9 Å². The van der Waals surface area contributed by atoms with Gasteiger partial charge in [0.1, 0.15) is 5.75 Å². The van der Waals surface area contributed by atoms with Crippen LogP contribution in [0.5, 0.6) is 5.75 Å². The third-order valence-corrected chi connectivity index (χ3v) is 8.28. The molecule has 35 heavy (non-hydrogen) atoms. The molecule has 182 valence electrons. The van der Waals surface area contributed by atoms with Gasteiger partial charge >= 0.3 is 0 Å². The van der Waals surface area contributed by atoms with Crippen LogP contribution in [0.2, 0.25) is 0 Å². The molecule has 1 saturated heterocycles. The predicted molar refractivity (Wildman–Crippen MR) is 136 cm³/mol. The number of sulfonamides is 1. The quantitative estimate of drug-likeness (QED) is 0.565. The average Bonchev–Trinajstić information content (AvgIpc) is 2.92. The Morgan fingerprint density at radius 1 is 0.886 bits per heavy atom. The molecule has 1 fully saturated rings. The first-order valence-electron chi connectivity index (χ1n) is 12.0. The summed E-state index contributed by atoms with van der Waals surface area (Å²) in [7, 11) is -3.86. The second-order valence-corrected chi connectivity index (χ2v) is 10.7. The first kappa shape index (κ1) is 23.2. The highest BCUT2D eigenvalue weighted by atomic mass is 32.2. The Labute approximate surface area is 206 Å². The highest BCUT2D eigenvalue weighted by molar-refractivity contribution is 7.92. The summed E-state index contributed by atoms with van der Waals surface area (Å²) in [5, 5.41) is 2.91. The smallest absolute Gasteiger partial charge is 0.264 e. The number of ether oxygens (including phenoxy) is 1. The molecule has 1 atom stereocenters. The molecule has 3 aromatic rings. The predicted octanol–water partition coefficient (Wildman–Crippen LogP) is 3.95. The molecular formula is C27H29N3O4S. The number of anilines is 2. The summed E-state index contributed by atoms with van der Waals surface area (Å²) >= 11 is 0. The van der Waals surface area contributed by atoms with E-state index < -0.39 is 16.1 Å². The van der Waals surface area contributed by atoms with Gasteiger partial charge in [0.05, 0.1) is 17.1 Å². The molecule has 2 aliphatic heterocycles. The number of carbonyl (C=O) groups excluding carboxylic acids is 1. The van der Waals surface area contributed by atoms with Gasteiger partial charge in [-0.15, -0.1) is 0 Å². The van der Waals surface area contributed by atoms with Crippen LogP contribution < -0.4 is 19.3 Å². The lowest BCUT2D eigenvalue weighted by atomic mass is 10.1. The number of hydrogen-bond donors (Lipinski definition) is 1. The van der Waals surface area contributed by atoms with Crippen molar-refractivity contribution >= 4 is 27.3 Å². The van der Waals surface area contributed by atoms with Gasteiger partial charge < -0.3 is 15.0 Å². The maximum absolute atomic E-state index is 13.4. The van der Waals surface area contributed by atoms with Crippen molar-refractivity contribution in [3.63, 3.8) is 0 Å². The minimum atomic E-state index is -3.86. The molecule has 0 aliphatic carbocycles. The first-order chi connectivity index (χ1) is 17.0. The fourth-order valence-corrected chi connectivity index (χ4v) is 6.06. The van der Waals surface area contributed by atoms with Crippen molar-refractivity contribution in [3.05, 3.63) is 84.4 Å². The van der Waals surface area contributed by atoms with E-state index >= 15 is 0 Å². The van der Waals surface area contributed by atoms with Crippen LogP contribution in [-0.2, 0) is 21.4 Å². The number of fused-ring (bicyclic) bond motifs is 1. The lowest BCUT2D eigenvalue weighted by Gasteiger charge is -2.34. The molecule has 0 aromatic heterocycles. The zero-order valence-electron chi connectivity index (χ0n) is 19.5. The largest absolute Gasteiger partial charge is 0.476 e. The Kier molecular flexibility index (Phi) is 6.63. The molecule has 1 amide bonds. The van der Waals surface area contributed by atoms with Gasteiger partial charge in [0.2, 0.25) is 0 Å². The zero-order valence-corrected chi connectivity index (χ0v) is 20.3. The van der Waals surface area contributed by atoms with Crippen LogP contribution in [0.3, 0.4) is 0 Å². The summed E-state index contributed by atoms with van der Waals surface area (Å²) in [5.74, 6) is 0.0113. The van der Waals surface area contributed by atoms with Crippen LogP contribution in [0.15, 0.2) is 83.8 Å². The maximum Gasteiger partial charge on any atom is 0.264 e. The summed E-state index contributed by atoms with van der Waals surface area (Å²) in [6.07, 6.45) is 2.77. The van der Waals surface area contributed by atoms with Gasteiger partial charge in [-0.3, -0.25) is 9.10 Å². The lowest BCUT2D eigenvalue weighted by molar-refractivity contribution is -0.127. The summed E-state index contributed by atoms with van der Waals surface area (Å²) in [6, 6.07) is 23.3. The van der Waals surface area contributed by atoms with E-state index in [1.165, 1.54) is 29.3 Å². The fourth-order valence-electron chi connectivity index (χ4n) is 4.57. The van der Waals surface area contributed by atoms with Crippen LogP contribution in [0.25, 0.3) is 0 Å². The molecule has 0 bridgehead atoms. The van der Waals surface area contributed by atoms with E-state index in [1.54, 1.807) is 54.6 Å². The molecule has 7 nitrogen and oxygen atoms in total. The number of piperidine rings is 1. The molecule has 2 heterocycles. The van der Waals surface area contributed by atoms with Crippen LogP contribution >= 0.6 is 0 Å². The molecule has 0 radical (unpaired) electrons. The van der Waals surface area contributed by atoms with E-state index in [0.29, 0.717) is 18.0 Å². The third-order valence-electron chi connectivity index (χ3n) is 6.48. The van der Waals surface area contributed by atoms with Gasteiger partial charge in [-0.25, -0.2) is 8.42 Å². The standard InChI is InChI=1S/C27H29N3O4S/c31-27(28-19-21-13-15-22(16-14-21)29-17-7-2-8-18-29)26-20-30(24-11-5-6-12-25(24)34-26)35(32,33)23-9-3-1-4-10-23/h1,3-6,9-16,26H,2,7-8,17-20H2,(H,28,31)/t26-/m0/s1. The van der Waals surface area contributed by atoms with Crippen LogP contribution in [0.4, 0.5) is 11.4 Å². The Morgan fingerprint density at radius 3 is 2.31 bits per heavy atom. The highest BCUT2D eigenvalue weighted by Gasteiger charge is 2.37. The lowest BCUT2D eigenvalue weighted by Crippen LogP contribution is -2.50. The maximum atomic E-state index is 13.4. The summed E-state index contributed by atoms with van der Waals surface area (Å²) < 4.78 is 34.0. The SMILES string of the molecule is O=C(NCc1ccc(N2CCCCC2)cc1)[C@@H]1CN(S(=O)(=O)c2ccccc2)c2ccccc2O1. The minimum Gasteiger partial charge on any atom is -0.476 e. The Hall–Kier alpha value is -3.52.